The summed E-state index contributed by atoms with van der Waals surface area (Å²) in [5.41, 5.74) is 3.07. The van der Waals surface area contributed by atoms with Gasteiger partial charge in [0.05, 0.1) is 6.54 Å². The van der Waals surface area contributed by atoms with Crippen molar-refractivity contribution in [3.05, 3.63) is 65.5 Å². The highest BCUT2D eigenvalue weighted by Gasteiger charge is 2.11. The van der Waals surface area contributed by atoms with Gasteiger partial charge in [0.1, 0.15) is 5.75 Å². The Bertz CT molecular complexity index is 856. The van der Waals surface area contributed by atoms with Gasteiger partial charge in [0.15, 0.2) is 6.61 Å². The van der Waals surface area contributed by atoms with Crippen LogP contribution in [0, 0.1) is 13.8 Å². The molecule has 1 amide bonds. The minimum absolute atomic E-state index is 0.0676. The van der Waals surface area contributed by atoms with Gasteiger partial charge >= 0.3 is 0 Å². The van der Waals surface area contributed by atoms with Crippen molar-refractivity contribution in [1.29, 1.82) is 0 Å². The number of benzene rings is 2. The molecular formula is C19H19N3O3. The SMILES string of the molecule is Cc1ccc(OCC(=O)NCc2nnc(-c3ccccc3C)o2)cc1. The zero-order valence-corrected chi connectivity index (χ0v) is 14.2. The summed E-state index contributed by atoms with van der Waals surface area (Å²) in [6.07, 6.45) is 0. The Morgan fingerprint density at radius 2 is 1.84 bits per heavy atom. The number of carbonyl (C=O) groups is 1. The molecule has 0 aliphatic heterocycles. The van der Waals surface area contributed by atoms with Crippen LogP contribution < -0.4 is 10.1 Å². The van der Waals surface area contributed by atoms with Crippen molar-refractivity contribution in [3.8, 4) is 17.2 Å². The maximum absolute atomic E-state index is 11.9. The number of nitrogens with zero attached hydrogens (tertiary/aromatic N) is 2. The Morgan fingerprint density at radius 3 is 2.60 bits per heavy atom. The Balaban J connectivity index is 1.51. The first-order valence-corrected chi connectivity index (χ1v) is 7.96. The molecule has 0 fully saturated rings. The van der Waals surface area contributed by atoms with Gasteiger partial charge in [-0.1, -0.05) is 35.9 Å². The number of aromatic nitrogens is 2. The number of nitrogens with one attached hydrogen (secondary N) is 1. The topological polar surface area (TPSA) is 77.2 Å². The van der Waals surface area contributed by atoms with Crippen LogP contribution in [-0.4, -0.2) is 22.7 Å². The van der Waals surface area contributed by atoms with Crippen molar-refractivity contribution >= 4 is 5.91 Å². The van der Waals surface area contributed by atoms with Gasteiger partial charge in [-0.25, -0.2) is 0 Å². The molecule has 3 rings (SSSR count). The van der Waals surface area contributed by atoms with Gasteiger partial charge in [-0.15, -0.1) is 10.2 Å². The fourth-order valence-corrected chi connectivity index (χ4v) is 2.26. The van der Waals surface area contributed by atoms with Gasteiger partial charge in [-0.05, 0) is 37.6 Å². The second-order valence-corrected chi connectivity index (χ2v) is 5.69. The largest absolute Gasteiger partial charge is 0.484 e. The Hall–Kier alpha value is -3.15. The molecule has 0 unspecified atom stereocenters. The maximum Gasteiger partial charge on any atom is 0.258 e. The summed E-state index contributed by atoms with van der Waals surface area (Å²) < 4.78 is 11.0. The Kier molecular flexibility index (Phi) is 5.09. The highest BCUT2D eigenvalue weighted by molar-refractivity contribution is 5.77. The lowest BCUT2D eigenvalue weighted by atomic mass is 10.1. The van der Waals surface area contributed by atoms with Gasteiger partial charge in [0.2, 0.25) is 11.8 Å². The molecule has 0 saturated carbocycles. The van der Waals surface area contributed by atoms with E-state index in [1.54, 1.807) is 0 Å². The highest BCUT2D eigenvalue weighted by Crippen LogP contribution is 2.21. The second kappa shape index (κ2) is 7.61. The summed E-state index contributed by atoms with van der Waals surface area (Å²) in [5, 5.41) is 10.7. The van der Waals surface area contributed by atoms with E-state index < -0.39 is 0 Å². The molecule has 0 radical (unpaired) electrons. The summed E-state index contributed by atoms with van der Waals surface area (Å²) in [7, 11) is 0. The minimum atomic E-state index is -0.254. The van der Waals surface area contributed by atoms with Crippen LogP contribution in [0.15, 0.2) is 52.9 Å². The molecule has 128 valence electrons. The molecule has 0 aliphatic rings. The fourth-order valence-electron chi connectivity index (χ4n) is 2.26. The van der Waals surface area contributed by atoms with Gasteiger partial charge in [-0.2, -0.15) is 0 Å². The lowest BCUT2D eigenvalue weighted by Gasteiger charge is -2.06. The fraction of sp³-hybridized carbons (Fsp3) is 0.211. The van der Waals surface area contributed by atoms with Gasteiger partial charge in [0, 0.05) is 5.56 Å². The molecule has 25 heavy (non-hydrogen) atoms. The number of amides is 1. The molecule has 6 heteroatoms. The van der Waals surface area contributed by atoms with Gasteiger partial charge < -0.3 is 14.5 Å². The number of carbonyl (C=O) groups excluding carboxylic acids is 1. The first-order valence-electron chi connectivity index (χ1n) is 7.96. The standard InChI is InChI=1S/C19H19N3O3/c1-13-7-9-15(10-8-13)24-12-17(23)20-11-18-21-22-19(25-18)16-6-4-3-5-14(16)2/h3-10H,11-12H2,1-2H3,(H,20,23). The smallest absolute Gasteiger partial charge is 0.258 e. The molecule has 0 spiro atoms. The van der Waals surface area contributed by atoms with E-state index in [9.17, 15) is 4.79 Å². The molecular weight excluding hydrogens is 318 g/mol. The van der Waals surface area contributed by atoms with E-state index in [2.05, 4.69) is 15.5 Å². The average molecular weight is 337 g/mol. The third kappa shape index (κ3) is 4.44. The van der Waals surface area contributed by atoms with Crippen molar-refractivity contribution in [2.45, 2.75) is 20.4 Å². The van der Waals surface area contributed by atoms with E-state index in [-0.39, 0.29) is 19.1 Å². The summed E-state index contributed by atoms with van der Waals surface area (Å²) in [5.74, 6) is 1.19. The number of aryl methyl sites for hydroxylation is 2. The van der Waals surface area contributed by atoms with Gasteiger partial charge in [-0.3, -0.25) is 4.79 Å². The number of ether oxygens (including phenoxy) is 1. The predicted molar refractivity (Wildman–Crippen MR) is 93.0 cm³/mol. The van der Waals surface area contributed by atoms with E-state index >= 15 is 0 Å². The van der Waals surface area contributed by atoms with Crippen LogP contribution in [-0.2, 0) is 11.3 Å². The predicted octanol–water partition coefficient (Wildman–Crippen LogP) is 3.05. The maximum atomic E-state index is 11.9. The monoisotopic (exact) mass is 337 g/mol. The molecule has 0 bridgehead atoms. The van der Waals surface area contributed by atoms with Crippen LogP contribution in [0.4, 0.5) is 0 Å². The molecule has 2 aromatic carbocycles. The number of rotatable bonds is 6. The van der Waals surface area contributed by atoms with Crippen molar-refractivity contribution < 1.29 is 13.9 Å². The van der Waals surface area contributed by atoms with E-state index in [0.717, 1.165) is 16.7 Å². The molecule has 0 aliphatic carbocycles. The minimum Gasteiger partial charge on any atom is -0.484 e. The van der Waals surface area contributed by atoms with E-state index in [0.29, 0.717) is 17.5 Å². The van der Waals surface area contributed by atoms with E-state index in [1.807, 2.05) is 62.4 Å². The molecule has 1 aromatic heterocycles. The lowest BCUT2D eigenvalue weighted by Crippen LogP contribution is -2.28. The first kappa shape index (κ1) is 16.7. The van der Waals surface area contributed by atoms with Crippen LogP contribution in [0.5, 0.6) is 5.75 Å². The van der Waals surface area contributed by atoms with Crippen LogP contribution >= 0.6 is 0 Å². The number of hydrogen-bond acceptors (Lipinski definition) is 5. The van der Waals surface area contributed by atoms with Crippen molar-refractivity contribution in [3.63, 3.8) is 0 Å². The van der Waals surface area contributed by atoms with Gasteiger partial charge in [0.25, 0.3) is 5.91 Å². The van der Waals surface area contributed by atoms with Crippen molar-refractivity contribution in [2.24, 2.45) is 0 Å². The first-order chi connectivity index (χ1) is 12.1. The third-order valence-electron chi connectivity index (χ3n) is 3.67. The van der Waals surface area contributed by atoms with Crippen LogP contribution in [0.1, 0.15) is 17.0 Å². The average Bonchev–Trinajstić information content (AvgIpc) is 3.08. The quantitative estimate of drug-likeness (QED) is 0.748. The molecule has 6 nitrogen and oxygen atoms in total. The Labute approximate surface area is 145 Å². The van der Waals surface area contributed by atoms with E-state index in [1.165, 1.54) is 0 Å². The summed E-state index contributed by atoms with van der Waals surface area (Å²) >= 11 is 0. The zero-order valence-electron chi connectivity index (χ0n) is 14.2. The molecule has 3 aromatic rings. The third-order valence-corrected chi connectivity index (χ3v) is 3.67. The molecule has 1 N–H and O–H groups in total. The van der Waals surface area contributed by atoms with Crippen LogP contribution in [0.25, 0.3) is 11.5 Å². The van der Waals surface area contributed by atoms with Crippen molar-refractivity contribution in [2.75, 3.05) is 6.61 Å². The Morgan fingerprint density at radius 1 is 1.08 bits per heavy atom. The normalized spacial score (nSPS) is 10.5. The highest BCUT2D eigenvalue weighted by atomic mass is 16.5. The molecule has 1 heterocycles. The van der Waals surface area contributed by atoms with E-state index in [4.69, 9.17) is 9.15 Å². The zero-order chi connectivity index (χ0) is 17.6. The van der Waals surface area contributed by atoms with Crippen LogP contribution in [0.3, 0.4) is 0 Å². The number of hydrogen-bond donors (Lipinski definition) is 1. The van der Waals surface area contributed by atoms with Crippen LogP contribution in [0.2, 0.25) is 0 Å². The summed E-state index contributed by atoms with van der Waals surface area (Å²) in [6.45, 7) is 4.06. The lowest BCUT2D eigenvalue weighted by molar-refractivity contribution is -0.123. The summed E-state index contributed by atoms with van der Waals surface area (Å²) in [6, 6.07) is 15.3. The molecule has 0 saturated heterocycles. The summed E-state index contributed by atoms with van der Waals surface area (Å²) in [4.78, 5) is 11.9. The molecule has 0 atom stereocenters. The van der Waals surface area contributed by atoms with Crippen molar-refractivity contribution in [1.82, 2.24) is 15.5 Å². The second-order valence-electron chi connectivity index (χ2n) is 5.69.